The summed E-state index contributed by atoms with van der Waals surface area (Å²) in [6.45, 7) is -0.436. The van der Waals surface area contributed by atoms with Crippen LogP contribution in [-0.4, -0.2) is 141 Å². The molecule has 77 heavy (non-hydrogen) atoms. The number of carbonyl (C=O) groups excluding carboxylic acids is 5. The first kappa shape index (κ1) is 55.6. The van der Waals surface area contributed by atoms with Crippen molar-refractivity contribution in [3.63, 3.8) is 0 Å². The molecule has 11 atom stereocenters. The van der Waals surface area contributed by atoms with E-state index in [2.05, 4.69) is 40.5 Å². The van der Waals surface area contributed by atoms with Gasteiger partial charge in [-0.15, -0.1) is 0 Å². The van der Waals surface area contributed by atoms with Crippen molar-refractivity contribution in [2.24, 2.45) is 5.92 Å². The summed E-state index contributed by atoms with van der Waals surface area (Å²) in [7, 11) is -5.11. The minimum Gasteiger partial charge on any atom is -0.382 e. The van der Waals surface area contributed by atoms with Crippen LogP contribution in [0.3, 0.4) is 0 Å². The Morgan fingerprint density at radius 1 is 0.857 bits per heavy atom. The van der Waals surface area contributed by atoms with Crippen LogP contribution in [0, 0.1) is 5.92 Å². The summed E-state index contributed by atoms with van der Waals surface area (Å²) in [5.74, 6) is -2.21. The Morgan fingerprint density at radius 3 is 2.31 bits per heavy atom. The molecule has 5 aromatic rings. The average molecular weight is 1130 g/mol. The number of imide groups is 1. The van der Waals surface area contributed by atoms with E-state index in [4.69, 9.17) is 33.3 Å². The number of fused-ring (bicyclic) bond motifs is 4. The van der Waals surface area contributed by atoms with Crippen LogP contribution in [0.4, 0.5) is 10.2 Å². The number of nitrogens with one attached hydrogen (secondary N) is 3. The van der Waals surface area contributed by atoms with Crippen LogP contribution in [0.5, 0.6) is 0 Å². The van der Waals surface area contributed by atoms with Gasteiger partial charge >= 0.3 is 14.6 Å². The van der Waals surface area contributed by atoms with Gasteiger partial charge in [-0.3, -0.25) is 60.9 Å². The zero-order valence-electron chi connectivity index (χ0n) is 41.6. The number of rotatable bonds is 18. The number of alkyl halides is 1. The van der Waals surface area contributed by atoms with Crippen LogP contribution in [0.15, 0.2) is 66.5 Å². The van der Waals surface area contributed by atoms with Gasteiger partial charge in [0.2, 0.25) is 11.8 Å². The van der Waals surface area contributed by atoms with E-state index < -0.39 is 94.4 Å². The van der Waals surface area contributed by atoms with Gasteiger partial charge in [0.15, 0.2) is 40.8 Å². The average Bonchev–Trinajstić information content (AvgIpc) is 4.24. The Labute approximate surface area is 441 Å². The molecule has 4 aromatic heterocycles. The molecule has 8 heterocycles. The van der Waals surface area contributed by atoms with E-state index in [0.29, 0.717) is 30.4 Å². The smallest absolute Gasteiger partial charge is 0.382 e. The summed E-state index contributed by atoms with van der Waals surface area (Å²) < 4.78 is 83.4. The summed E-state index contributed by atoms with van der Waals surface area (Å²) in [4.78, 5) is 111. The Bertz CT molecular complexity index is 3220. The highest BCUT2D eigenvalue weighted by Gasteiger charge is 2.53. The van der Waals surface area contributed by atoms with Crippen molar-refractivity contribution in [1.82, 2.24) is 54.6 Å². The fourth-order valence-electron chi connectivity index (χ4n) is 9.03. The molecule has 4 aliphatic rings. The van der Waals surface area contributed by atoms with Crippen molar-refractivity contribution >= 4 is 83.6 Å². The number of aromatic nitrogens is 8. The van der Waals surface area contributed by atoms with Crippen LogP contribution in [0.2, 0.25) is 0 Å². The first-order chi connectivity index (χ1) is 36.8. The van der Waals surface area contributed by atoms with Crippen molar-refractivity contribution < 1.29 is 70.0 Å². The lowest BCUT2D eigenvalue weighted by molar-refractivity contribution is -0.137. The van der Waals surface area contributed by atoms with Crippen molar-refractivity contribution in [3.05, 3.63) is 83.2 Å². The van der Waals surface area contributed by atoms with E-state index >= 15 is 8.96 Å². The fourth-order valence-corrected chi connectivity index (χ4v) is 13.4. The summed E-state index contributed by atoms with van der Waals surface area (Å²) in [5.41, 5.74) is 7.03. The topological polar surface area (TPSA) is 356 Å². The molecule has 0 saturated carbocycles. The number of hydrogen-bond donors (Lipinski definition) is 5. The van der Waals surface area contributed by atoms with Gasteiger partial charge in [0.1, 0.15) is 48.5 Å². The standard InChI is InChI=1S/C46H55FN12O15P2S/c1-24(2)37(56-32(61)7-5-4-6-14-57-33(62)12-13-34(57)63)45(65)55-25(3)28(60)15-26-8-10-27(11-9-26)19-77-76(68)70-18-31-40(36(47)46(72-31)59-23-53-38-41(48)49-20-50-42(38)59)74-75(66,67)69-17-30-29(73-76)16-35(71-30)58-22-54-39-43(58)51-21-52-44(39)64/h8-13,20-25,29-31,35-37,40,46H,4-7,14-19H2,1-3H3,(H,55,65)(H,56,61)(H,66,67)(H2,48,49,50)(H,51,52,64)/t25-,29-,30+,31+,35+,36+,37-,40+,46+,76?/m0/s1. The lowest BCUT2D eigenvalue weighted by Crippen LogP contribution is -2.53. The number of imidazole rings is 2. The maximum absolute atomic E-state index is 16.6. The number of hydrogen-bond acceptors (Lipinski definition) is 21. The first-order valence-electron chi connectivity index (χ1n) is 24.5. The Hall–Kier alpha value is -6.13. The van der Waals surface area contributed by atoms with Crippen LogP contribution < -0.4 is 21.9 Å². The number of anilines is 1. The molecule has 0 spiro atoms. The molecular weight excluding hydrogens is 1070 g/mol. The number of carbonyl (C=O) groups is 5. The highest BCUT2D eigenvalue weighted by molar-refractivity contribution is 8.54. The number of phosphoric ester groups is 1. The number of ketones is 1. The number of ether oxygens (including phenoxy) is 2. The summed E-state index contributed by atoms with van der Waals surface area (Å²) >= 11 is 0.771. The van der Waals surface area contributed by atoms with Gasteiger partial charge in [-0.05, 0) is 48.2 Å². The maximum atomic E-state index is 16.6. The van der Waals surface area contributed by atoms with Crippen molar-refractivity contribution in [1.29, 1.82) is 0 Å². The zero-order valence-corrected chi connectivity index (χ0v) is 44.2. The number of H-pyrrole nitrogens is 1. The first-order valence-corrected chi connectivity index (χ1v) is 29.1. The quantitative estimate of drug-likeness (QED) is 0.0477. The number of nitrogens with zero attached hydrogens (tertiary/aromatic N) is 8. The maximum Gasteiger partial charge on any atom is 0.472 e. The Morgan fingerprint density at radius 2 is 1.56 bits per heavy atom. The van der Waals surface area contributed by atoms with Gasteiger partial charge in [0.25, 0.3) is 17.4 Å². The summed E-state index contributed by atoms with van der Waals surface area (Å²) in [6.07, 6.45) is -1.59. The van der Waals surface area contributed by atoms with E-state index in [0.717, 1.165) is 22.6 Å². The van der Waals surface area contributed by atoms with Crippen LogP contribution >= 0.6 is 26.0 Å². The van der Waals surface area contributed by atoms with Gasteiger partial charge in [0, 0.05) is 43.7 Å². The number of unbranched alkanes of at least 4 members (excludes halogenated alkanes) is 2. The second kappa shape index (κ2) is 23.5. The number of amides is 4. The molecule has 3 saturated heterocycles. The van der Waals surface area contributed by atoms with Gasteiger partial charge < -0.3 is 35.7 Å². The molecule has 1 aromatic carbocycles. The van der Waals surface area contributed by atoms with E-state index in [-0.39, 0.29) is 89.1 Å². The normalized spacial score (nSPS) is 27.6. The zero-order chi connectivity index (χ0) is 54.8. The Kier molecular flexibility index (Phi) is 16.9. The lowest BCUT2D eigenvalue weighted by Gasteiger charge is -2.28. The van der Waals surface area contributed by atoms with Gasteiger partial charge in [-0.2, -0.15) is 0 Å². The molecular formula is C46H55FN12O15P2S. The second-order valence-corrected chi connectivity index (χ2v) is 24.4. The van der Waals surface area contributed by atoms with Crippen molar-refractivity contribution in [2.75, 3.05) is 25.5 Å². The minimum absolute atomic E-state index is 0.00342. The van der Waals surface area contributed by atoms with Crippen LogP contribution in [0.1, 0.15) is 76.5 Å². The SMILES string of the molecule is CC(C)[C@H](NC(=O)CCCCCN1C(=O)C=CC1=O)C(=O)N[C@@H](C)C(=O)Cc1ccc(CSP2(=O)OC[C@H]3O[C@@H](n4cnc5c(N)ncnc54)[C@H](F)[C@@H]3OP(=O)(O)OC[C@H]3O[C@@H](n4cnc5c(=O)[nH]cnc54)C[C@@H]3O2)cc1. The lowest BCUT2D eigenvalue weighted by atomic mass is 10.0. The molecule has 0 bridgehead atoms. The number of Topliss-reactive ketones (excluding diaryl/α,β-unsaturated/α-hetero) is 1. The van der Waals surface area contributed by atoms with E-state index in [1.165, 1.54) is 40.3 Å². The third kappa shape index (κ3) is 12.8. The third-order valence-electron chi connectivity index (χ3n) is 13.2. The predicted octanol–water partition coefficient (Wildman–Crippen LogP) is 3.27. The Balaban J connectivity index is 0.848. The number of nitrogen functional groups attached to an aromatic ring is 1. The van der Waals surface area contributed by atoms with Gasteiger partial charge in [0.05, 0.1) is 38.2 Å². The van der Waals surface area contributed by atoms with Gasteiger partial charge in [-0.1, -0.05) is 44.5 Å². The van der Waals surface area contributed by atoms with Gasteiger partial charge in [-0.25, -0.2) is 38.4 Å². The molecule has 2 unspecified atom stereocenters. The molecule has 4 amide bonds. The summed E-state index contributed by atoms with van der Waals surface area (Å²) in [6, 6.07) is 4.94. The molecule has 3 fully saturated rings. The van der Waals surface area contributed by atoms with E-state index in [9.17, 15) is 38.2 Å². The molecule has 0 aliphatic carbocycles. The highest BCUT2D eigenvalue weighted by Crippen LogP contribution is 2.64. The molecule has 31 heteroatoms. The number of phosphoric acid groups is 1. The fraction of sp³-hybridized carbons (Fsp3) is 0.500. The minimum atomic E-state index is -5.11. The van der Waals surface area contributed by atoms with Crippen molar-refractivity contribution in [3.8, 4) is 0 Å². The van der Waals surface area contributed by atoms with Crippen LogP contribution in [-0.2, 0) is 72.8 Å². The molecule has 9 rings (SSSR count). The summed E-state index contributed by atoms with van der Waals surface area (Å²) in [5, 5.41) is 5.48. The number of halogens is 1. The molecule has 4 aliphatic heterocycles. The van der Waals surface area contributed by atoms with E-state index in [1.54, 1.807) is 45.0 Å². The predicted molar refractivity (Wildman–Crippen MR) is 269 cm³/mol. The molecule has 412 valence electrons. The van der Waals surface area contributed by atoms with Crippen LogP contribution in [0.25, 0.3) is 22.3 Å². The van der Waals surface area contributed by atoms with Crippen molar-refractivity contribution in [2.45, 2.75) is 120 Å². The monoisotopic (exact) mass is 1130 g/mol. The largest absolute Gasteiger partial charge is 0.472 e. The molecule has 27 nitrogen and oxygen atoms in total. The highest BCUT2D eigenvalue weighted by atomic mass is 32.7. The second-order valence-electron chi connectivity index (χ2n) is 19.0. The number of benzene rings is 1. The number of aromatic amines is 1. The number of nitrogens with two attached hydrogens (primary N) is 1. The third-order valence-corrected chi connectivity index (χ3v) is 17.9. The van der Waals surface area contributed by atoms with E-state index in [1.807, 2.05) is 0 Å². The molecule has 0 radical (unpaired) electrons. The molecule has 6 N–H and O–H groups in total.